The van der Waals surface area contributed by atoms with E-state index in [0.29, 0.717) is 0 Å². The number of carbonyl (C=O) groups excluding carboxylic acids is 2. The molecule has 7 heteroatoms. The fraction of sp³-hybridized carbons (Fsp3) is 0. The first-order chi connectivity index (χ1) is 3.46. The zero-order valence-electron chi connectivity index (χ0n) is 4.53. The Balaban J connectivity index is -0.0000000720. The molecular weight excluding hydrogens is 131 g/mol. The first-order valence-electron chi connectivity index (χ1n) is 1.56. The zero-order valence-corrected chi connectivity index (χ0v) is 4.53. The average molecular weight is 140 g/mol. The minimum Gasteiger partial charge on any atom is -0.352 e. The van der Waals surface area contributed by atoms with Crippen LogP contribution in [0.3, 0.4) is 0 Å². The van der Waals surface area contributed by atoms with Gasteiger partial charge in [-0.2, -0.15) is 0 Å². The summed E-state index contributed by atoms with van der Waals surface area (Å²) in [5.41, 5.74) is 17.0. The summed E-state index contributed by atoms with van der Waals surface area (Å²) >= 11 is 0. The molecule has 0 aromatic heterocycles. The Hall–Kier alpha value is -1.53. The van der Waals surface area contributed by atoms with Crippen LogP contribution in [0.4, 0.5) is 14.3 Å². The Morgan fingerprint density at radius 3 is 0.778 bits per heavy atom. The van der Waals surface area contributed by atoms with E-state index in [1.807, 2.05) is 0 Å². The number of carbonyl (C=O) groups is 2. The number of hydrogen-bond donors (Lipinski definition) is 4. The van der Waals surface area contributed by atoms with Gasteiger partial charge in [0.15, 0.2) is 0 Å². The number of amides is 4. The van der Waals surface area contributed by atoms with E-state index in [2.05, 4.69) is 22.9 Å². The lowest BCUT2D eigenvalue weighted by atomic mass is 11.2. The zero-order chi connectivity index (χ0) is 7.15. The smallest absolute Gasteiger partial charge is 0.309 e. The minimum absolute atomic E-state index is 0. The number of nitrogens with two attached hydrogens (primary N) is 4. The highest BCUT2D eigenvalue weighted by Gasteiger charge is 1.61. The monoisotopic (exact) mass is 140 g/mol. The van der Waals surface area contributed by atoms with Gasteiger partial charge in [-0.3, -0.25) is 4.70 Å². The van der Waals surface area contributed by atoms with Crippen LogP contribution >= 0.6 is 0 Å². The topological polar surface area (TPSA) is 138 Å². The molecule has 0 unspecified atom stereocenters. The molecule has 4 amide bonds. The number of urea groups is 2. The molecule has 56 valence electrons. The van der Waals surface area contributed by atoms with Gasteiger partial charge < -0.3 is 22.9 Å². The lowest BCUT2D eigenvalue weighted by Crippen LogP contribution is -2.18. The summed E-state index contributed by atoms with van der Waals surface area (Å²) in [7, 11) is 0. The molecule has 0 atom stereocenters. The van der Waals surface area contributed by atoms with Crippen LogP contribution in [-0.4, -0.2) is 12.1 Å². The third-order valence-electron chi connectivity index (χ3n) is 0. The molecule has 6 nitrogen and oxygen atoms in total. The third-order valence-corrected chi connectivity index (χ3v) is 0. The van der Waals surface area contributed by atoms with E-state index in [1.54, 1.807) is 0 Å². The summed E-state index contributed by atoms with van der Waals surface area (Å²) in [5.74, 6) is 0. The SMILES string of the molecule is F.NC(N)=O.NC(N)=O. The maximum Gasteiger partial charge on any atom is 0.309 e. The maximum absolute atomic E-state index is 9.00. The second-order valence-corrected chi connectivity index (χ2v) is 0.805. The first kappa shape index (κ1) is 15.6. The number of primary amides is 4. The summed E-state index contributed by atoms with van der Waals surface area (Å²) in [4.78, 5) is 18.0. The molecule has 0 fully saturated rings. The van der Waals surface area contributed by atoms with Crippen LogP contribution < -0.4 is 22.9 Å². The van der Waals surface area contributed by atoms with Crippen molar-refractivity contribution in [3.63, 3.8) is 0 Å². The van der Waals surface area contributed by atoms with Gasteiger partial charge in [-0.25, -0.2) is 9.59 Å². The molecule has 0 aliphatic rings. The summed E-state index contributed by atoms with van der Waals surface area (Å²) in [6.07, 6.45) is 0. The fourth-order valence-corrected chi connectivity index (χ4v) is 0. The van der Waals surface area contributed by atoms with E-state index in [1.165, 1.54) is 0 Å². The van der Waals surface area contributed by atoms with Crippen molar-refractivity contribution in [2.24, 2.45) is 22.9 Å². The highest BCUT2D eigenvalue weighted by atomic mass is 19.0. The molecule has 0 aliphatic heterocycles. The van der Waals surface area contributed by atoms with Crippen molar-refractivity contribution in [3.8, 4) is 0 Å². The van der Waals surface area contributed by atoms with E-state index in [9.17, 15) is 0 Å². The second-order valence-electron chi connectivity index (χ2n) is 0.805. The molecule has 8 N–H and O–H groups in total. The lowest BCUT2D eigenvalue weighted by molar-refractivity contribution is 0.255. The molecule has 0 saturated heterocycles. The highest BCUT2D eigenvalue weighted by Crippen LogP contribution is 1.26. The van der Waals surface area contributed by atoms with Crippen LogP contribution in [0.15, 0.2) is 0 Å². The van der Waals surface area contributed by atoms with Crippen molar-refractivity contribution >= 4 is 12.1 Å². The first-order valence-corrected chi connectivity index (χ1v) is 1.56. The van der Waals surface area contributed by atoms with Gasteiger partial charge in [-0.1, -0.05) is 0 Å². The Kier molecular flexibility index (Phi) is 16.8. The largest absolute Gasteiger partial charge is 0.352 e. The van der Waals surface area contributed by atoms with Crippen LogP contribution in [-0.2, 0) is 0 Å². The molecule has 0 aromatic rings. The molecular formula is C2H9FN4O2. The number of hydrogen-bond acceptors (Lipinski definition) is 2. The average Bonchev–Trinajstić information content (AvgIpc) is 1.25. The molecule has 0 saturated carbocycles. The molecule has 0 aromatic carbocycles. The van der Waals surface area contributed by atoms with Crippen molar-refractivity contribution in [3.05, 3.63) is 0 Å². The summed E-state index contributed by atoms with van der Waals surface area (Å²) in [5, 5.41) is 0. The van der Waals surface area contributed by atoms with Gasteiger partial charge >= 0.3 is 12.1 Å². The van der Waals surface area contributed by atoms with Crippen molar-refractivity contribution in [2.75, 3.05) is 0 Å². The van der Waals surface area contributed by atoms with Crippen LogP contribution in [0.5, 0.6) is 0 Å². The van der Waals surface area contributed by atoms with E-state index in [4.69, 9.17) is 9.59 Å². The van der Waals surface area contributed by atoms with Gasteiger partial charge in [0.25, 0.3) is 0 Å². The fourth-order valence-electron chi connectivity index (χ4n) is 0. The van der Waals surface area contributed by atoms with E-state index < -0.39 is 12.1 Å². The minimum atomic E-state index is -0.833. The Labute approximate surface area is 50.5 Å². The maximum atomic E-state index is 9.00. The van der Waals surface area contributed by atoms with Crippen LogP contribution in [0, 0.1) is 0 Å². The van der Waals surface area contributed by atoms with Gasteiger partial charge in [0.05, 0.1) is 0 Å². The molecule has 0 rings (SSSR count). The van der Waals surface area contributed by atoms with Crippen LogP contribution in [0.2, 0.25) is 0 Å². The standard InChI is InChI=1S/2CH4N2O.FH/c2*2-1(3)4;/h2*(H4,2,3,4);1H. The van der Waals surface area contributed by atoms with E-state index in [-0.39, 0.29) is 4.70 Å². The number of rotatable bonds is 0. The summed E-state index contributed by atoms with van der Waals surface area (Å²) in [6, 6.07) is -1.67. The van der Waals surface area contributed by atoms with Gasteiger partial charge in [0, 0.05) is 0 Å². The van der Waals surface area contributed by atoms with Gasteiger partial charge in [-0.05, 0) is 0 Å². The Morgan fingerprint density at radius 1 is 0.778 bits per heavy atom. The van der Waals surface area contributed by atoms with Crippen LogP contribution in [0.1, 0.15) is 0 Å². The Bertz CT molecular complexity index is 74.6. The molecule has 0 radical (unpaired) electrons. The highest BCUT2D eigenvalue weighted by molar-refractivity contribution is 5.69. The lowest BCUT2D eigenvalue weighted by Gasteiger charge is -1.62. The predicted molar refractivity (Wildman–Crippen MR) is 30.0 cm³/mol. The van der Waals surface area contributed by atoms with Crippen molar-refractivity contribution < 1.29 is 14.3 Å². The van der Waals surface area contributed by atoms with E-state index >= 15 is 0 Å². The van der Waals surface area contributed by atoms with Gasteiger partial charge in [0.1, 0.15) is 0 Å². The summed E-state index contributed by atoms with van der Waals surface area (Å²) < 4.78 is 0. The normalized spacial score (nSPS) is 5.33. The number of halogens is 1. The van der Waals surface area contributed by atoms with E-state index in [0.717, 1.165) is 0 Å². The molecule has 0 spiro atoms. The van der Waals surface area contributed by atoms with Gasteiger partial charge in [-0.15, -0.1) is 0 Å². The molecule has 0 bridgehead atoms. The van der Waals surface area contributed by atoms with Crippen molar-refractivity contribution in [1.29, 1.82) is 0 Å². The van der Waals surface area contributed by atoms with Crippen molar-refractivity contribution in [1.82, 2.24) is 0 Å². The molecule has 9 heavy (non-hydrogen) atoms. The quantitative estimate of drug-likeness (QED) is 0.315. The third kappa shape index (κ3) is 55.2. The van der Waals surface area contributed by atoms with Crippen molar-refractivity contribution in [2.45, 2.75) is 0 Å². The van der Waals surface area contributed by atoms with Gasteiger partial charge in [0.2, 0.25) is 0 Å². The molecule has 0 heterocycles. The summed E-state index contributed by atoms with van der Waals surface area (Å²) in [6.45, 7) is 0. The molecule has 0 aliphatic carbocycles. The second kappa shape index (κ2) is 9.69. The Morgan fingerprint density at radius 2 is 0.778 bits per heavy atom. The predicted octanol–water partition coefficient (Wildman–Crippen LogP) is -1.80. The van der Waals surface area contributed by atoms with Crippen LogP contribution in [0.25, 0.3) is 0 Å².